The van der Waals surface area contributed by atoms with Crippen LogP contribution in [-0.4, -0.2) is 35.8 Å². The smallest absolute Gasteiger partial charge is 0.339 e. The lowest BCUT2D eigenvalue weighted by Gasteiger charge is -2.32. The van der Waals surface area contributed by atoms with Gasteiger partial charge in [0.1, 0.15) is 11.5 Å². The van der Waals surface area contributed by atoms with Crippen LogP contribution in [0.3, 0.4) is 0 Å². The van der Waals surface area contributed by atoms with Gasteiger partial charge in [-0.05, 0) is 55.0 Å². The lowest BCUT2D eigenvalue weighted by molar-refractivity contribution is -0.0921. The predicted octanol–water partition coefficient (Wildman–Crippen LogP) is 6.03. The van der Waals surface area contributed by atoms with Crippen molar-refractivity contribution in [2.75, 3.05) is 13.1 Å². The van der Waals surface area contributed by atoms with Crippen LogP contribution in [0.4, 0.5) is 17.6 Å². The SMILES string of the molecule is O=C(c1ccc(-c2ccccc2F)cc1)N1CCC(CC2=NC(C(F)(F)F)=CC2)CC1. The molecule has 3 nitrogen and oxygen atoms in total. The van der Waals surface area contributed by atoms with Crippen LogP contribution < -0.4 is 0 Å². The minimum atomic E-state index is -4.39. The van der Waals surface area contributed by atoms with Gasteiger partial charge < -0.3 is 4.90 Å². The highest BCUT2D eigenvalue weighted by molar-refractivity contribution is 5.95. The summed E-state index contributed by atoms with van der Waals surface area (Å²) in [6.45, 7) is 1.12. The zero-order valence-corrected chi connectivity index (χ0v) is 16.8. The summed E-state index contributed by atoms with van der Waals surface area (Å²) in [6, 6.07) is 13.4. The van der Waals surface area contributed by atoms with Crippen molar-refractivity contribution in [3.05, 3.63) is 71.7 Å². The van der Waals surface area contributed by atoms with E-state index in [1.165, 1.54) is 6.07 Å². The van der Waals surface area contributed by atoms with E-state index in [0.717, 1.165) is 18.9 Å². The summed E-state index contributed by atoms with van der Waals surface area (Å²) in [4.78, 5) is 18.3. The van der Waals surface area contributed by atoms with Crippen LogP contribution in [0, 0.1) is 11.7 Å². The first-order valence-electron chi connectivity index (χ1n) is 10.3. The van der Waals surface area contributed by atoms with Crippen molar-refractivity contribution in [3.63, 3.8) is 0 Å². The minimum Gasteiger partial charge on any atom is -0.339 e. The van der Waals surface area contributed by atoms with Crippen LogP contribution in [0.15, 0.2) is 65.3 Å². The molecule has 2 heterocycles. The molecule has 0 atom stereocenters. The first-order chi connectivity index (χ1) is 14.8. The van der Waals surface area contributed by atoms with E-state index < -0.39 is 11.9 Å². The van der Waals surface area contributed by atoms with E-state index in [1.807, 2.05) is 0 Å². The van der Waals surface area contributed by atoms with E-state index in [9.17, 15) is 22.4 Å². The summed E-state index contributed by atoms with van der Waals surface area (Å²) >= 11 is 0. The molecule has 0 aliphatic carbocycles. The third-order valence-electron chi connectivity index (χ3n) is 5.84. The number of hydrogen-bond acceptors (Lipinski definition) is 2. The lowest BCUT2D eigenvalue weighted by atomic mass is 9.90. The number of nitrogens with zero attached hydrogens (tertiary/aromatic N) is 2. The number of aliphatic imine (C=N–C) groups is 1. The molecule has 0 unspecified atom stereocenters. The quantitative estimate of drug-likeness (QED) is 0.546. The molecule has 1 fully saturated rings. The average Bonchev–Trinajstić information content (AvgIpc) is 3.23. The molecule has 0 aromatic heterocycles. The van der Waals surface area contributed by atoms with Crippen molar-refractivity contribution in [2.24, 2.45) is 10.9 Å². The standard InChI is InChI=1S/C24H22F4N2O/c25-21-4-2-1-3-20(21)17-5-7-18(8-6-17)23(31)30-13-11-16(12-14-30)15-19-9-10-22(29-19)24(26,27)28/h1-8,10,16H,9,11-15H2. The molecule has 162 valence electrons. The summed E-state index contributed by atoms with van der Waals surface area (Å²) < 4.78 is 52.1. The Kier molecular flexibility index (Phi) is 5.94. The fourth-order valence-corrected chi connectivity index (χ4v) is 4.13. The highest BCUT2D eigenvalue weighted by atomic mass is 19.4. The van der Waals surface area contributed by atoms with Gasteiger partial charge in [-0.3, -0.25) is 9.79 Å². The molecule has 2 aromatic rings. The van der Waals surface area contributed by atoms with Gasteiger partial charge in [0.2, 0.25) is 0 Å². The van der Waals surface area contributed by atoms with Gasteiger partial charge in [-0.25, -0.2) is 4.39 Å². The second-order valence-electron chi connectivity index (χ2n) is 7.97. The van der Waals surface area contributed by atoms with E-state index in [2.05, 4.69) is 4.99 Å². The van der Waals surface area contributed by atoms with E-state index in [4.69, 9.17) is 0 Å². The summed E-state index contributed by atoms with van der Waals surface area (Å²) in [5.41, 5.74) is 1.50. The zero-order valence-electron chi connectivity index (χ0n) is 16.8. The number of allylic oxidation sites excluding steroid dienone is 2. The Morgan fingerprint density at radius 3 is 2.32 bits per heavy atom. The van der Waals surface area contributed by atoms with Crippen molar-refractivity contribution in [1.82, 2.24) is 4.90 Å². The molecule has 0 N–H and O–H groups in total. The van der Waals surface area contributed by atoms with Crippen LogP contribution >= 0.6 is 0 Å². The number of rotatable bonds is 4. The monoisotopic (exact) mass is 430 g/mol. The molecule has 31 heavy (non-hydrogen) atoms. The third kappa shape index (κ3) is 4.86. The van der Waals surface area contributed by atoms with Gasteiger partial charge in [0.25, 0.3) is 5.91 Å². The first-order valence-corrected chi connectivity index (χ1v) is 10.3. The van der Waals surface area contributed by atoms with Crippen molar-refractivity contribution >= 4 is 11.6 Å². The molecule has 1 amide bonds. The number of carbonyl (C=O) groups is 1. The molecular weight excluding hydrogens is 408 g/mol. The van der Waals surface area contributed by atoms with Crippen LogP contribution in [0.2, 0.25) is 0 Å². The predicted molar refractivity (Wildman–Crippen MR) is 111 cm³/mol. The Hall–Kier alpha value is -2.96. The zero-order chi connectivity index (χ0) is 22.0. The van der Waals surface area contributed by atoms with Crippen LogP contribution in [0.25, 0.3) is 11.1 Å². The molecule has 2 aliphatic heterocycles. The fraction of sp³-hybridized carbons (Fsp3) is 0.333. The number of amides is 1. The summed E-state index contributed by atoms with van der Waals surface area (Å²) in [5.74, 6) is -0.168. The molecule has 0 saturated carbocycles. The lowest BCUT2D eigenvalue weighted by Crippen LogP contribution is -2.38. The van der Waals surface area contributed by atoms with Crippen molar-refractivity contribution < 1.29 is 22.4 Å². The molecule has 1 saturated heterocycles. The Balaban J connectivity index is 1.32. The topological polar surface area (TPSA) is 32.7 Å². The van der Waals surface area contributed by atoms with Gasteiger partial charge in [0.05, 0.1) is 0 Å². The van der Waals surface area contributed by atoms with Gasteiger partial charge in [-0.2, -0.15) is 13.2 Å². The molecule has 2 aliphatic rings. The number of alkyl halides is 3. The largest absolute Gasteiger partial charge is 0.433 e. The van der Waals surface area contributed by atoms with E-state index in [0.29, 0.717) is 41.9 Å². The van der Waals surface area contributed by atoms with Crippen LogP contribution in [0.1, 0.15) is 36.0 Å². The third-order valence-corrected chi connectivity index (χ3v) is 5.84. The molecule has 0 bridgehead atoms. The highest BCUT2D eigenvalue weighted by Gasteiger charge is 2.36. The summed E-state index contributed by atoms with van der Waals surface area (Å²) in [7, 11) is 0. The normalized spacial score (nSPS) is 17.5. The molecule has 4 rings (SSSR count). The number of benzene rings is 2. The van der Waals surface area contributed by atoms with E-state index in [1.54, 1.807) is 47.4 Å². The highest BCUT2D eigenvalue weighted by Crippen LogP contribution is 2.32. The van der Waals surface area contributed by atoms with Gasteiger partial charge in [0, 0.05) is 36.3 Å². The number of halogens is 4. The van der Waals surface area contributed by atoms with Gasteiger partial charge in [0.15, 0.2) is 0 Å². The van der Waals surface area contributed by atoms with Crippen LogP contribution in [0.5, 0.6) is 0 Å². The molecule has 7 heteroatoms. The maximum Gasteiger partial charge on any atom is 0.433 e. The maximum atomic E-state index is 13.9. The summed E-state index contributed by atoms with van der Waals surface area (Å²) in [6.07, 6.45) is -0.991. The van der Waals surface area contributed by atoms with E-state index >= 15 is 0 Å². The number of piperidine rings is 1. The maximum absolute atomic E-state index is 13.9. The van der Waals surface area contributed by atoms with Gasteiger partial charge in [-0.15, -0.1) is 0 Å². The second-order valence-corrected chi connectivity index (χ2v) is 7.97. The Bertz CT molecular complexity index is 1020. The molecular formula is C24H22F4N2O. The average molecular weight is 430 g/mol. The second kappa shape index (κ2) is 8.65. The number of likely N-dealkylation sites (tertiary alicyclic amines) is 1. The number of carbonyl (C=O) groups excluding carboxylic acids is 1. The Morgan fingerprint density at radius 1 is 1.03 bits per heavy atom. The van der Waals surface area contributed by atoms with Crippen molar-refractivity contribution in [1.29, 1.82) is 0 Å². The van der Waals surface area contributed by atoms with Crippen LogP contribution in [-0.2, 0) is 0 Å². The fourth-order valence-electron chi connectivity index (χ4n) is 4.13. The molecule has 0 radical (unpaired) electrons. The Morgan fingerprint density at radius 2 is 1.71 bits per heavy atom. The number of hydrogen-bond donors (Lipinski definition) is 0. The van der Waals surface area contributed by atoms with Gasteiger partial charge in [-0.1, -0.05) is 30.3 Å². The molecule has 0 spiro atoms. The van der Waals surface area contributed by atoms with E-state index in [-0.39, 0.29) is 24.1 Å². The summed E-state index contributed by atoms with van der Waals surface area (Å²) in [5, 5.41) is 0. The van der Waals surface area contributed by atoms with Crippen molar-refractivity contribution in [3.8, 4) is 11.1 Å². The molecule has 2 aromatic carbocycles. The van der Waals surface area contributed by atoms with Crippen molar-refractivity contribution in [2.45, 2.75) is 31.9 Å². The minimum absolute atomic E-state index is 0.0854. The van der Waals surface area contributed by atoms with Gasteiger partial charge >= 0.3 is 6.18 Å². The first kappa shape index (κ1) is 21.3. The Labute approximate surface area is 178 Å².